The Morgan fingerprint density at radius 1 is 1.03 bits per heavy atom. The summed E-state index contributed by atoms with van der Waals surface area (Å²) in [5.41, 5.74) is 5.01. The molecular weight excluding hydrogens is 402 g/mol. The van der Waals surface area contributed by atoms with Crippen molar-refractivity contribution in [1.82, 2.24) is 14.9 Å². The Morgan fingerprint density at radius 3 is 2.40 bits per heavy atom. The average Bonchev–Trinajstić information content (AvgIpc) is 2.73. The van der Waals surface area contributed by atoms with E-state index in [2.05, 4.69) is 52.2 Å². The first kappa shape index (κ1) is 20.2. The fourth-order valence-electron chi connectivity index (χ4n) is 3.85. The van der Waals surface area contributed by atoms with Gasteiger partial charge in [0.15, 0.2) is 5.82 Å². The second-order valence-corrected chi connectivity index (χ2v) is 7.80. The fraction of sp³-hybridized carbons (Fsp3) is 0.318. The third kappa shape index (κ3) is 3.98. The maximum absolute atomic E-state index is 12.9. The van der Waals surface area contributed by atoms with Crippen LogP contribution in [0, 0.1) is 13.8 Å². The number of nitrogens with zero attached hydrogens (tertiary/aromatic N) is 4. The molecule has 3 aromatic rings. The minimum Gasteiger partial charge on any atom is -0.478 e. The summed E-state index contributed by atoms with van der Waals surface area (Å²) in [6.07, 6.45) is 0. The molecule has 4 rings (SSSR count). The number of urea groups is 1. The van der Waals surface area contributed by atoms with Crippen LogP contribution in [0.15, 0.2) is 36.4 Å². The van der Waals surface area contributed by atoms with Crippen molar-refractivity contribution in [2.45, 2.75) is 13.8 Å². The first-order chi connectivity index (χ1) is 14.5. The molecule has 7 nitrogen and oxygen atoms in total. The van der Waals surface area contributed by atoms with Crippen LogP contribution in [0.5, 0.6) is 5.88 Å². The van der Waals surface area contributed by atoms with Gasteiger partial charge in [0.25, 0.3) is 5.88 Å². The summed E-state index contributed by atoms with van der Waals surface area (Å²) >= 11 is 6.06. The Morgan fingerprint density at radius 2 is 1.73 bits per heavy atom. The number of aryl methyl sites for hydroxylation is 2. The van der Waals surface area contributed by atoms with Crippen molar-refractivity contribution in [2.75, 3.05) is 43.5 Å². The molecule has 1 saturated heterocycles. The van der Waals surface area contributed by atoms with Crippen molar-refractivity contribution in [2.24, 2.45) is 0 Å². The molecule has 0 aliphatic carbocycles. The fourth-order valence-corrected chi connectivity index (χ4v) is 4.02. The van der Waals surface area contributed by atoms with Crippen LogP contribution in [0.1, 0.15) is 11.1 Å². The largest absolute Gasteiger partial charge is 0.478 e. The Kier molecular flexibility index (Phi) is 5.63. The molecule has 0 spiro atoms. The van der Waals surface area contributed by atoms with E-state index >= 15 is 0 Å². The van der Waals surface area contributed by atoms with Gasteiger partial charge in [-0.2, -0.15) is 0 Å². The third-order valence-electron chi connectivity index (χ3n) is 5.34. The molecule has 1 aliphatic heterocycles. The predicted molar refractivity (Wildman–Crippen MR) is 120 cm³/mol. The molecule has 0 radical (unpaired) electrons. The molecule has 0 atom stereocenters. The van der Waals surface area contributed by atoms with Crippen LogP contribution in [0.4, 0.5) is 16.3 Å². The van der Waals surface area contributed by atoms with Gasteiger partial charge in [-0.3, -0.25) is 5.32 Å². The molecular formula is C22H24ClN5O2. The minimum atomic E-state index is -0.217. The van der Waals surface area contributed by atoms with Gasteiger partial charge in [-0.1, -0.05) is 29.8 Å². The maximum Gasteiger partial charge on any atom is 0.323 e. The van der Waals surface area contributed by atoms with E-state index in [0.29, 0.717) is 29.1 Å². The van der Waals surface area contributed by atoms with E-state index in [-0.39, 0.29) is 17.7 Å². The first-order valence-corrected chi connectivity index (χ1v) is 10.2. The molecule has 1 fully saturated rings. The number of hydrogen-bond acceptors (Lipinski definition) is 5. The molecule has 30 heavy (non-hydrogen) atoms. The number of para-hydroxylation sites is 1. The highest BCUT2D eigenvalue weighted by Gasteiger charge is 2.24. The van der Waals surface area contributed by atoms with Gasteiger partial charge in [0.2, 0.25) is 0 Å². The van der Waals surface area contributed by atoms with Crippen molar-refractivity contribution in [1.29, 1.82) is 0 Å². The van der Waals surface area contributed by atoms with E-state index in [0.717, 1.165) is 13.1 Å². The van der Waals surface area contributed by atoms with Crippen LogP contribution in [0.25, 0.3) is 11.0 Å². The highest BCUT2D eigenvalue weighted by molar-refractivity contribution is 6.31. The highest BCUT2D eigenvalue weighted by Crippen LogP contribution is 2.27. The van der Waals surface area contributed by atoms with E-state index in [4.69, 9.17) is 16.3 Å². The van der Waals surface area contributed by atoms with E-state index in [1.165, 1.54) is 23.9 Å². The van der Waals surface area contributed by atoms with Gasteiger partial charge in [-0.25, -0.2) is 14.8 Å². The Balaban J connectivity index is 1.47. The molecule has 0 unspecified atom stereocenters. The Hall–Kier alpha value is -3.06. The summed E-state index contributed by atoms with van der Waals surface area (Å²) in [5.74, 6) is 0.557. The first-order valence-electron chi connectivity index (χ1n) is 9.84. The normalized spacial score (nSPS) is 14.1. The van der Waals surface area contributed by atoms with Crippen molar-refractivity contribution in [3.05, 3.63) is 52.5 Å². The summed E-state index contributed by atoms with van der Waals surface area (Å²) in [4.78, 5) is 25.9. The van der Waals surface area contributed by atoms with Crippen molar-refractivity contribution in [3.63, 3.8) is 0 Å². The molecule has 0 bridgehead atoms. The van der Waals surface area contributed by atoms with Gasteiger partial charge in [0, 0.05) is 36.9 Å². The molecule has 1 aromatic heterocycles. The third-order valence-corrected chi connectivity index (χ3v) is 5.57. The highest BCUT2D eigenvalue weighted by atomic mass is 35.5. The zero-order chi connectivity index (χ0) is 21.3. The summed E-state index contributed by atoms with van der Waals surface area (Å²) in [6, 6.07) is 11.3. The lowest BCUT2D eigenvalue weighted by Crippen LogP contribution is -2.50. The lowest BCUT2D eigenvalue weighted by Gasteiger charge is -2.37. The van der Waals surface area contributed by atoms with Crippen molar-refractivity contribution >= 4 is 40.2 Å². The average molecular weight is 426 g/mol. The number of carbonyl (C=O) groups is 1. The number of piperazine rings is 1. The maximum atomic E-state index is 12.9. The van der Waals surface area contributed by atoms with E-state index < -0.39 is 0 Å². The number of halogens is 1. The summed E-state index contributed by atoms with van der Waals surface area (Å²) < 4.78 is 5.33. The number of ether oxygens (including phenoxy) is 1. The number of amides is 2. The minimum absolute atomic E-state index is 0.217. The number of rotatable bonds is 3. The van der Waals surface area contributed by atoms with Crippen molar-refractivity contribution in [3.8, 4) is 5.88 Å². The lowest BCUT2D eigenvalue weighted by molar-refractivity contribution is 0.208. The number of anilines is 2. The smallest absolute Gasteiger partial charge is 0.323 e. The van der Waals surface area contributed by atoms with Crippen molar-refractivity contribution < 1.29 is 9.53 Å². The Labute approximate surface area is 180 Å². The number of hydrogen-bond donors (Lipinski definition) is 1. The monoisotopic (exact) mass is 425 g/mol. The van der Waals surface area contributed by atoms with Crippen LogP contribution in [0.3, 0.4) is 0 Å². The van der Waals surface area contributed by atoms with E-state index in [9.17, 15) is 4.79 Å². The summed E-state index contributed by atoms with van der Waals surface area (Å²) in [6.45, 7) is 7.03. The SMILES string of the molecule is COc1nc2ccc(Cl)cc2nc1NC(=O)N1CCN(c2c(C)cccc2C)CC1. The topological polar surface area (TPSA) is 70.6 Å². The molecule has 2 amide bonds. The molecule has 2 aromatic carbocycles. The second-order valence-electron chi connectivity index (χ2n) is 7.36. The van der Waals surface area contributed by atoms with E-state index in [1.54, 1.807) is 23.1 Å². The molecule has 1 N–H and O–H groups in total. The number of nitrogens with one attached hydrogen (secondary N) is 1. The van der Waals surface area contributed by atoms with Crippen LogP contribution in [-0.4, -0.2) is 54.2 Å². The molecule has 156 valence electrons. The van der Waals surface area contributed by atoms with Gasteiger partial charge in [-0.15, -0.1) is 0 Å². The molecule has 0 saturated carbocycles. The van der Waals surface area contributed by atoms with Crippen LogP contribution < -0.4 is 15.0 Å². The number of benzene rings is 2. The zero-order valence-electron chi connectivity index (χ0n) is 17.3. The van der Waals surface area contributed by atoms with Crippen LogP contribution >= 0.6 is 11.6 Å². The number of carbonyl (C=O) groups excluding carboxylic acids is 1. The summed E-state index contributed by atoms with van der Waals surface area (Å²) in [5, 5.41) is 3.40. The summed E-state index contributed by atoms with van der Waals surface area (Å²) in [7, 11) is 1.50. The van der Waals surface area contributed by atoms with Gasteiger partial charge in [0.1, 0.15) is 0 Å². The molecule has 1 aliphatic rings. The predicted octanol–water partition coefficient (Wildman–Crippen LogP) is 4.26. The molecule has 2 heterocycles. The van der Waals surface area contributed by atoms with Crippen LogP contribution in [0.2, 0.25) is 5.02 Å². The quantitative estimate of drug-likeness (QED) is 0.678. The van der Waals surface area contributed by atoms with Gasteiger partial charge >= 0.3 is 6.03 Å². The van der Waals surface area contributed by atoms with Gasteiger partial charge < -0.3 is 14.5 Å². The lowest BCUT2D eigenvalue weighted by atomic mass is 10.1. The van der Waals surface area contributed by atoms with E-state index in [1.807, 2.05) is 0 Å². The van der Waals surface area contributed by atoms with Gasteiger partial charge in [0.05, 0.1) is 18.1 Å². The van der Waals surface area contributed by atoms with Crippen LogP contribution in [-0.2, 0) is 0 Å². The zero-order valence-corrected chi connectivity index (χ0v) is 18.0. The second kappa shape index (κ2) is 8.36. The Bertz CT molecular complexity index is 1080. The molecule has 8 heteroatoms. The number of fused-ring (bicyclic) bond motifs is 1. The number of aromatic nitrogens is 2. The standard InChI is InChI=1S/C22H24ClN5O2/c1-14-5-4-6-15(2)19(14)27-9-11-28(12-10-27)22(29)26-20-21(30-3)25-17-8-7-16(23)13-18(17)24-20/h4-8,13H,9-12H2,1-3H3,(H,24,26,29). The van der Waals surface area contributed by atoms with Gasteiger partial charge in [-0.05, 0) is 43.2 Å². The number of methoxy groups -OCH3 is 1.